The van der Waals surface area contributed by atoms with Gasteiger partial charge in [0.2, 0.25) is 5.91 Å². The minimum absolute atomic E-state index is 0.127. The maximum atomic E-state index is 12.5. The van der Waals surface area contributed by atoms with E-state index in [4.69, 9.17) is 4.74 Å². The average molecular weight is 279 g/mol. The van der Waals surface area contributed by atoms with Crippen LogP contribution in [0.4, 0.5) is 0 Å². The molecule has 0 aromatic heterocycles. The monoisotopic (exact) mass is 279 g/mol. The highest BCUT2D eigenvalue weighted by atomic mass is 32.1. The van der Waals surface area contributed by atoms with Gasteiger partial charge in [-0.2, -0.15) is 12.6 Å². The maximum absolute atomic E-state index is 12.5. The van der Waals surface area contributed by atoms with E-state index in [1.165, 1.54) is 0 Å². The summed E-state index contributed by atoms with van der Waals surface area (Å²) in [5, 5.41) is -0.269. The van der Waals surface area contributed by atoms with E-state index in [-0.39, 0.29) is 17.2 Å². The van der Waals surface area contributed by atoms with Crippen LogP contribution in [0.3, 0.4) is 0 Å². The number of morpholine rings is 1. The fourth-order valence-electron chi connectivity index (χ4n) is 2.40. The standard InChI is InChI=1S/C15H21NO2S/c1-2-13-11-18-9-8-16(13)15(17)14(19)10-12-6-4-3-5-7-12/h3-7,13-14,19H,2,8-11H2,1H3. The largest absolute Gasteiger partial charge is 0.377 e. The lowest BCUT2D eigenvalue weighted by Gasteiger charge is -2.36. The lowest BCUT2D eigenvalue weighted by molar-refractivity contribution is -0.139. The molecule has 4 heteroatoms. The van der Waals surface area contributed by atoms with Gasteiger partial charge in [0.25, 0.3) is 0 Å². The maximum Gasteiger partial charge on any atom is 0.236 e. The molecule has 1 aliphatic rings. The predicted molar refractivity (Wildman–Crippen MR) is 79.5 cm³/mol. The number of carbonyl (C=O) groups excluding carboxylic acids is 1. The Morgan fingerprint density at radius 2 is 2.21 bits per heavy atom. The summed E-state index contributed by atoms with van der Waals surface area (Å²) in [6.45, 7) is 4.05. The van der Waals surface area contributed by atoms with Crippen molar-refractivity contribution in [1.29, 1.82) is 0 Å². The van der Waals surface area contributed by atoms with Crippen molar-refractivity contribution in [2.24, 2.45) is 0 Å². The summed E-state index contributed by atoms with van der Waals surface area (Å²) in [5.41, 5.74) is 1.15. The topological polar surface area (TPSA) is 29.5 Å². The quantitative estimate of drug-likeness (QED) is 0.856. The number of hydrogen-bond acceptors (Lipinski definition) is 3. The van der Waals surface area contributed by atoms with Gasteiger partial charge < -0.3 is 9.64 Å². The van der Waals surface area contributed by atoms with Crippen molar-refractivity contribution in [2.45, 2.75) is 31.1 Å². The van der Waals surface area contributed by atoms with Gasteiger partial charge >= 0.3 is 0 Å². The molecular formula is C15H21NO2S. The Hall–Kier alpha value is -1.00. The highest BCUT2D eigenvalue weighted by molar-refractivity contribution is 7.81. The molecule has 1 heterocycles. The second kappa shape index (κ2) is 6.96. The fraction of sp³-hybridized carbons (Fsp3) is 0.533. The molecule has 2 rings (SSSR count). The zero-order chi connectivity index (χ0) is 13.7. The molecule has 0 N–H and O–H groups in total. The first-order valence-corrected chi connectivity index (χ1v) is 7.34. The van der Waals surface area contributed by atoms with Crippen LogP contribution in [0.1, 0.15) is 18.9 Å². The predicted octanol–water partition coefficient (Wildman–Crippen LogP) is 2.16. The Balaban J connectivity index is 1.98. The van der Waals surface area contributed by atoms with Gasteiger partial charge in [-0.1, -0.05) is 37.3 Å². The van der Waals surface area contributed by atoms with Gasteiger partial charge in [-0.05, 0) is 18.4 Å². The van der Waals surface area contributed by atoms with E-state index >= 15 is 0 Å². The van der Waals surface area contributed by atoms with Crippen LogP contribution in [0.2, 0.25) is 0 Å². The summed E-state index contributed by atoms with van der Waals surface area (Å²) in [4.78, 5) is 14.4. The Bertz CT molecular complexity index is 410. The van der Waals surface area contributed by atoms with Gasteiger partial charge in [-0.3, -0.25) is 4.79 Å². The van der Waals surface area contributed by atoms with E-state index in [0.29, 0.717) is 26.2 Å². The molecule has 1 amide bonds. The smallest absolute Gasteiger partial charge is 0.236 e. The van der Waals surface area contributed by atoms with Crippen LogP contribution in [0.5, 0.6) is 0 Å². The summed E-state index contributed by atoms with van der Waals surface area (Å²) < 4.78 is 5.43. The summed E-state index contributed by atoms with van der Waals surface area (Å²) in [5.74, 6) is 0.127. The molecule has 2 unspecified atom stereocenters. The molecule has 1 fully saturated rings. The first-order chi connectivity index (χ1) is 9.22. The zero-order valence-electron chi connectivity index (χ0n) is 11.3. The number of amides is 1. The molecule has 104 valence electrons. The Morgan fingerprint density at radius 3 is 2.89 bits per heavy atom. The van der Waals surface area contributed by atoms with Crippen LogP contribution in [0.15, 0.2) is 30.3 Å². The van der Waals surface area contributed by atoms with Crippen LogP contribution in [-0.4, -0.2) is 41.9 Å². The Labute approximate surface area is 120 Å². The van der Waals surface area contributed by atoms with Gasteiger partial charge in [0.1, 0.15) is 0 Å². The van der Waals surface area contributed by atoms with E-state index in [1.807, 2.05) is 35.2 Å². The van der Waals surface area contributed by atoms with Crippen molar-refractivity contribution in [3.8, 4) is 0 Å². The molecule has 0 saturated carbocycles. The summed E-state index contributed by atoms with van der Waals surface area (Å²) in [6, 6.07) is 10.2. The SMILES string of the molecule is CCC1COCCN1C(=O)C(S)Cc1ccccc1. The van der Waals surface area contributed by atoms with Crippen LogP contribution < -0.4 is 0 Å². The minimum atomic E-state index is -0.269. The molecule has 1 aromatic carbocycles. The van der Waals surface area contributed by atoms with Crippen LogP contribution >= 0.6 is 12.6 Å². The lowest BCUT2D eigenvalue weighted by atomic mass is 10.1. The molecule has 19 heavy (non-hydrogen) atoms. The molecule has 3 nitrogen and oxygen atoms in total. The molecule has 1 saturated heterocycles. The van der Waals surface area contributed by atoms with Crippen molar-refractivity contribution in [3.05, 3.63) is 35.9 Å². The molecule has 1 aliphatic heterocycles. The Morgan fingerprint density at radius 1 is 1.47 bits per heavy atom. The summed E-state index contributed by atoms with van der Waals surface area (Å²) in [7, 11) is 0. The van der Waals surface area contributed by atoms with Crippen LogP contribution in [-0.2, 0) is 16.0 Å². The fourth-order valence-corrected chi connectivity index (χ4v) is 2.76. The van der Waals surface area contributed by atoms with Crippen molar-refractivity contribution in [3.63, 3.8) is 0 Å². The highest BCUT2D eigenvalue weighted by Gasteiger charge is 2.29. The van der Waals surface area contributed by atoms with Crippen molar-refractivity contribution in [1.82, 2.24) is 4.90 Å². The van der Waals surface area contributed by atoms with Gasteiger partial charge in [0.15, 0.2) is 0 Å². The van der Waals surface area contributed by atoms with Crippen LogP contribution in [0.25, 0.3) is 0 Å². The molecular weight excluding hydrogens is 258 g/mol. The summed E-state index contributed by atoms with van der Waals surface area (Å²) >= 11 is 4.49. The van der Waals surface area contributed by atoms with Gasteiger partial charge in [-0.15, -0.1) is 0 Å². The second-order valence-electron chi connectivity index (χ2n) is 4.87. The minimum Gasteiger partial charge on any atom is -0.377 e. The zero-order valence-corrected chi connectivity index (χ0v) is 12.2. The Kier molecular flexibility index (Phi) is 5.28. The van der Waals surface area contributed by atoms with Crippen molar-refractivity contribution < 1.29 is 9.53 Å². The van der Waals surface area contributed by atoms with Crippen molar-refractivity contribution in [2.75, 3.05) is 19.8 Å². The van der Waals surface area contributed by atoms with Crippen molar-refractivity contribution >= 4 is 18.5 Å². The number of rotatable bonds is 4. The normalized spacial score (nSPS) is 21.2. The number of benzene rings is 1. The molecule has 2 atom stereocenters. The van der Waals surface area contributed by atoms with Gasteiger partial charge in [-0.25, -0.2) is 0 Å². The third-order valence-electron chi connectivity index (χ3n) is 3.54. The molecule has 0 radical (unpaired) electrons. The van der Waals surface area contributed by atoms with Gasteiger partial charge in [0, 0.05) is 6.54 Å². The first-order valence-electron chi connectivity index (χ1n) is 6.82. The molecule has 0 spiro atoms. The molecule has 0 aliphatic carbocycles. The number of ether oxygens (including phenoxy) is 1. The van der Waals surface area contributed by atoms with E-state index < -0.39 is 0 Å². The average Bonchev–Trinajstić information content (AvgIpc) is 2.47. The third-order valence-corrected chi connectivity index (χ3v) is 3.94. The van der Waals surface area contributed by atoms with E-state index in [0.717, 1.165) is 12.0 Å². The number of nitrogens with zero attached hydrogens (tertiary/aromatic N) is 1. The first kappa shape index (κ1) is 14.4. The number of hydrogen-bond donors (Lipinski definition) is 1. The van der Waals surface area contributed by atoms with E-state index in [9.17, 15) is 4.79 Å². The molecule has 1 aromatic rings. The van der Waals surface area contributed by atoms with Crippen LogP contribution in [0, 0.1) is 0 Å². The van der Waals surface area contributed by atoms with Gasteiger partial charge in [0.05, 0.1) is 24.5 Å². The second-order valence-corrected chi connectivity index (χ2v) is 5.50. The highest BCUT2D eigenvalue weighted by Crippen LogP contribution is 2.16. The van der Waals surface area contributed by atoms with E-state index in [1.54, 1.807) is 0 Å². The lowest BCUT2D eigenvalue weighted by Crippen LogP contribution is -2.51. The molecule has 0 bridgehead atoms. The number of thiol groups is 1. The number of carbonyl (C=O) groups is 1. The third kappa shape index (κ3) is 3.74. The summed E-state index contributed by atoms with van der Waals surface area (Å²) in [6.07, 6.45) is 1.61. The van der Waals surface area contributed by atoms with E-state index in [2.05, 4.69) is 19.6 Å².